The minimum atomic E-state index is -0.181. The van der Waals surface area contributed by atoms with E-state index in [4.69, 9.17) is 4.98 Å². The first-order valence-electron chi connectivity index (χ1n) is 11.2. The highest BCUT2D eigenvalue weighted by Crippen LogP contribution is 2.29. The summed E-state index contributed by atoms with van der Waals surface area (Å²) in [5.74, 6) is 0.0692. The summed E-state index contributed by atoms with van der Waals surface area (Å²) < 4.78 is 1.71. The Morgan fingerprint density at radius 3 is 2.82 bits per heavy atom. The highest BCUT2D eigenvalue weighted by molar-refractivity contribution is 7.99. The second kappa shape index (κ2) is 10.1. The Morgan fingerprint density at radius 1 is 1.27 bits per heavy atom. The van der Waals surface area contributed by atoms with Gasteiger partial charge in [-0.15, -0.1) is 11.3 Å². The number of carbonyl (C=O) groups is 2. The lowest BCUT2D eigenvalue weighted by Crippen LogP contribution is -2.24. The highest BCUT2D eigenvalue weighted by atomic mass is 32.2. The molecule has 1 aliphatic rings. The molecule has 174 valence electrons. The molecule has 0 radical (unpaired) electrons. The van der Waals surface area contributed by atoms with Crippen molar-refractivity contribution < 1.29 is 9.59 Å². The van der Waals surface area contributed by atoms with Gasteiger partial charge in [0.05, 0.1) is 11.1 Å². The van der Waals surface area contributed by atoms with Crippen molar-refractivity contribution in [2.75, 3.05) is 22.5 Å². The van der Waals surface area contributed by atoms with E-state index in [-0.39, 0.29) is 23.1 Å². The van der Waals surface area contributed by atoms with Crippen LogP contribution in [0, 0.1) is 13.8 Å². The average molecular weight is 485 g/mol. The summed E-state index contributed by atoms with van der Waals surface area (Å²) in [5.41, 5.74) is 2.41. The minimum Gasteiger partial charge on any atom is -0.325 e. The van der Waals surface area contributed by atoms with Crippen molar-refractivity contribution in [1.29, 1.82) is 0 Å². The third-order valence-electron chi connectivity index (χ3n) is 5.84. The third-order valence-corrected chi connectivity index (χ3v) is 7.91. The Kier molecular flexibility index (Phi) is 7.19. The Bertz CT molecular complexity index is 1260. The van der Waals surface area contributed by atoms with Crippen molar-refractivity contribution in [3.05, 3.63) is 45.1 Å². The molecular weight excluding hydrogens is 456 g/mol. The van der Waals surface area contributed by atoms with E-state index >= 15 is 0 Å². The zero-order valence-corrected chi connectivity index (χ0v) is 20.8. The lowest BCUT2D eigenvalue weighted by molar-refractivity contribution is -0.117. The van der Waals surface area contributed by atoms with E-state index in [1.165, 1.54) is 23.1 Å². The van der Waals surface area contributed by atoms with E-state index in [0.717, 1.165) is 40.2 Å². The number of amides is 2. The van der Waals surface area contributed by atoms with Gasteiger partial charge in [0, 0.05) is 35.8 Å². The molecule has 0 aliphatic carbocycles. The number of nitrogens with one attached hydrogen (secondary N) is 1. The van der Waals surface area contributed by atoms with Crippen molar-refractivity contribution in [1.82, 2.24) is 9.55 Å². The van der Waals surface area contributed by atoms with Gasteiger partial charge in [0.15, 0.2) is 5.16 Å². The topological polar surface area (TPSA) is 84.3 Å². The third kappa shape index (κ3) is 4.99. The molecule has 1 aromatic carbocycles. The van der Waals surface area contributed by atoms with E-state index in [1.807, 2.05) is 38.1 Å². The standard InChI is InChI=1S/C24H28N4O3S2/c1-4-5-11-28-23(31)21-15(2)16(3)33-22(21)26-24(28)32-14-19(29)25-17-8-6-9-18(13-17)27-12-7-10-20(27)30/h6,8-9,13H,4-5,7,10-12,14H2,1-3H3,(H,25,29). The molecule has 2 aromatic heterocycles. The number of nitrogens with zero attached hydrogens (tertiary/aromatic N) is 3. The molecule has 0 atom stereocenters. The number of fused-ring (bicyclic) bond motifs is 1. The SMILES string of the molecule is CCCCn1c(SCC(=O)Nc2cccc(N3CCCC3=O)c2)nc2sc(C)c(C)c2c1=O. The first-order chi connectivity index (χ1) is 15.9. The van der Waals surface area contributed by atoms with Crippen LogP contribution in [0.15, 0.2) is 34.2 Å². The largest absolute Gasteiger partial charge is 0.325 e. The quantitative estimate of drug-likeness (QED) is 0.369. The molecule has 1 N–H and O–H groups in total. The van der Waals surface area contributed by atoms with E-state index in [0.29, 0.717) is 35.7 Å². The molecule has 2 amide bonds. The lowest BCUT2D eigenvalue weighted by atomic mass is 10.2. The summed E-state index contributed by atoms with van der Waals surface area (Å²) in [6.07, 6.45) is 3.25. The number of benzene rings is 1. The summed E-state index contributed by atoms with van der Waals surface area (Å²) >= 11 is 2.80. The number of thioether (sulfide) groups is 1. The Morgan fingerprint density at radius 2 is 2.09 bits per heavy atom. The van der Waals surface area contributed by atoms with Crippen LogP contribution in [-0.2, 0) is 16.1 Å². The maximum atomic E-state index is 13.2. The van der Waals surface area contributed by atoms with E-state index in [9.17, 15) is 14.4 Å². The van der Waals surface area contributed by atoms with Crippen LogP contribution >= 0.6 is 23.1 Å². The van der Waals surface area contributed by atoms with Gasteiger partial charge in [0.1, 0.15) is 4.83 Å². The molecule has 1 fully saturated rings. The monoisotopic (exact) mass is 484 g/mol. The number of hydrogen-bond donors (Lipinski definition) is 1. The number of aromatic nitrogens is 2. The molecule has 7 nitrogen and oxygen atoms in total. The lowest BCUT2D eigenvalue weighted by Gasteiger charge is -2.17. The molecule has 0 bridgehead atoms. The van der Waals surface area contributed by atoms with Crippen LogP contribution in [0.5, 0.6) is 0 Å². The number of thiophene rings is 1. The molecule has 3 heterocycles. The fraction of sp³-hybridized carbons (Fsp3) is 0.417. The number of aryl methyl sites for hydroxylation is 2. The van der Waals surface area contributed by atoms with Crippen LogP contribution in [-0.4, -0.2) is 33.7 Å². The van der Waals surface area contributed by atoms with Gasteiger partial charge in [-0.2, -0.15) is 0 Å². The van der Waals surface area contributed by atoms with Crippen molar-refractivity contribution in [3.63, 3.8) is 0 Å². The molecule has 1 saturated heterocycles. The zero-order chi connectivity index (χ0) is 23.5. The van der Waals surface area contributed by atoms with Crippen molar-refractivity contribution in [3.8, 4) is 0 Å². The summed E-state index contributed by atoms with van der Waals surface area (Å²) in [5, 5.41) is 4.18. The number of unbranched alkanes of at least 4 members (excludes halogenated alkanes) is 1. The fourth-order valence-electron chi connectivity index (χ4n) is 3.93. The first-order valence-corrected chi connectivity index (χ1v) is 13.0. The summed E-state index contributed by atoms with van der Waals surface area (Å²) in [6.45, 7) is 7.34. The average Bonchev–Trinajstić information content (AvgIpc) is 3.34. The van der Waals surface area contributed by atoms with Gasteiger partial charge in [0.25, 0.3) is 5.56 Å². The maximum Gasteiger partial charge on any atom is 0.263 e. The normalized spacial score (nSPS) is 13.8. The predicted octanol–water partition coefficient (Wildman–Crippen LogP) is 4.73. The molecule has 3 aromatic rings. The van der Waals surface area contributed by atoms with Gasteiger partial charge >= 0.3 is 0 Å². The molecule has 1 aliphatic heterocycles. The molecule has 33 heavy (non-hydrogen) atoms. The van der Waals surface area contributed by atoms with E-state index in [1.54, 1.807) is 9.47 Å². The Hall–Kier alpha value is -2.65. The van der Waals surface area contributed by atoms with Crippen LogP contribution in [0.4, 0.5) is 11.4 Å². The summed E-state index contributed by atoms with van der Waals surface area (Å²) in [7, 11) is 0. The zero-order valence-electron chi connectivity index (χ0n) is 19.1. The number of rotatable bonds is 8. The van der Waals surface area contributed by atoms with Crippen molar-refractivity contribution >= 4 is 56.5 Å². The Labute approximate surface area is 201 Å². The summed E-state index contributed by atoms with van der Waals surface area (Å²) in [4.78, 5) is 46.2. The van der Waals surface area contributed by atoms with Gasteiger partial charge in [-0.05, 0) is 50.5 Å². The predicted molar refractivity (Wildman–Crippen MR) is 136 cm³/mol. The van der Waals surface area contributed by atoms with Crippen LogP contribution in [0.2, 0.25) is 0 Å². The van der Waals surface area contributed by atoms with Gasteiger partial charge in [-0.25, -0.2) is 4.98 Å². The molecule has 0 unspecified atom stereocenters. The minimum absolute atomic E-state index is 0.0267. The van der Waals surface area contributed by atoms with Crippen LogP contribution in [0.25, 0.3) is 10.2 Å². The van der Waals surface area contributed by atoms with E-state index < -0.39 is 0 Å². The number of anilines is 2. The second-order valence-corrected chi connectivity index (χ2v) is 10.3. The highest BCUT2D eigenvalue weighted by Gasteiger charge is 2.22. The fourth-order valence-corrected chi connectivity index (χ4v) is 5.83. The smallest absolute Gasteiger partial charge is 0.263 e. The first kappa shape index (κ1) is 23.5. The van der Waals surface area contributed by atoms with Crippen molar-refractivity contribution in [2.24, 2.45) is 0 Å². The molecule has 0 saturated carbocycles. The molecular formula is C24H28N4O3S2. The molecule has 9 heteroatoms. The molecule has 0 spiro atoms. The summed E-state index contributed by atoms with van der Waals surface area (Å²) in [6, 6.07) is 7.35. The van der Waals surface area contributed by atoms with Gasteiger partial charge in [0.2, 0.25) is 11.8 Å². The van der Waals surface area contributed by atoms with Crippen LogP contribution < -0.4 is 15.8 Å². The number of carbonyl (C=O) groups excluding carboxylic acids is 2. The Balaban J connectivity index is 1.50. The second-order valence-electron chi connectivity index (χ2n) is 8.20. The van der Waals surface area contributed by atoms with Gasteiger partial charge in [-0.3, -0.25) is 19.0 Å². The maximum absolute atomic E-state index is 13.2. The van der Waals surface area contributed by atoms with E-state index in [2.05, 4.69) is 12.2 Å². The van der Waals surface area contributed by atoms with Crippen LogP contribution in [0.1, 0.15) is 43.0 Å². The number of hydrogen-bond acceptors (Lipinski definition) is 6. The van der Waals surface area contributed by atoms with Crippen molar-refractivity contribution in [2.45, 2.75) is 58.2 Å². The van der Waals surface area contributed by atoms with Gasteiger partial charge < -0.3 is 10.2 Å². The molecule has 4 rings (SSSR count). The van der Waals surface area contributed by atoms with Gasteiger partial charge in [-0.1, -0.05) is 31.2 Å². The van der Waals surface area contributed by atoms with Crippen LogP contribution in [0.3, 0.4) is 0 Å².